The van der Waals surface area contributed by atoms with Crippen molar-refractivity contribution in [3.63, 3.8) is 0 Å². The third-order valence-electron chi connectivity index (χ3n) is 4.99. The van der Waals surface area contributed by atoms with Crippen molar-refractivity contribution in [3.05, 3.63) is 48.1 Å². The van der Waals surface area contributed by atoms with Crippen molar-refractivity contribution in [2.45, 2.75) is 31.6 Å². The monoisotopic (exact) mass is 324 g/mol. The summed E-state index contributed by atoms with van der Waals surface area (Å²) in [6.45, 7) is 3.43. The van der Waals surface area contributed by atoms with Crippen molar-refractivity contribution < 1.29 is 4.42 Å². The van der Waals surface area contributed by atoms with Crippen LogP contribution in [-0.4, -0.2) is 39.3 Å². The Labute approximate surface area is 142 Å². The quantitative estimate of drug-likeness (QED) is 0.722. The molecule has 1 atom stereocenters. The van der Waals surface area contributed by atoms with Gasteiger partial charge in [0, 0.05) is 37.8 Å². The highest BCUT2D eigenvalue weighted by molar-refractivity contribution is 5.72. The van der Waals surface area contributed by atoms with Gasteiger partial charge >= 0.3 is 0 Å². The number of hydrogen-bond donors (Lipinski definition) is 0. The van der Waals surface area contributed by atoms with Crippen LogP contribution in [0.15, 0.2) is 40.9 Å². The molecule has 5 nitrogen and oxygen atoms in total. The largest absolute Gasteiger partial charge is 0.441 e. The maximum absolute atomic E-state index is 5.81. The molecule has 0 unspecified atom stereocenters. The van der Waals surface area contributed by atoms with Crippen LogP contribution in [0.4, 0.5) is 0 Å². The molecule has 0 aliphatic carbocycles. The third kappa shape index (κ3) is 3.22. The first-order valence-corrected chi connectivity index (χ1v) is 8.84. The first-order chi connectivity index (χ1) is 11.8. The molecule has 24 heavy (non-hydrogen) atoms. The van der Waals surface area contributed by atoms with E-state index in [4.69, 9.17) is 4.42 Å². The molecule has 0 radical (unpaired) electrons. The summed E-state index contributed by atoms with van der Waals surface area (Å²) < 4.78 is 7.83. The topological polar surface area (TPSA) is 47.1 Å². The molecule has 3 heterocycles. The second kappa shape index (κ2) is 6.77. The smallest absolute Gasteiger partial charge is 0.195 e. The van der Waals surface area contributed by atoms with Crippen molar-refractivity contribution >= 4 is 11.1 Å². The number of para-hydroxylation sites is 2. The standard InChI is InChI=1S/C19H24N4O/c1-22-17(10-11-20-22)15-6-4-12-23(14-15)13-5-9-19-21-16-7-2-3-8-18(16)24-19/h2-3,7-8,10-11,15H,4-6,9,12-14H2,1H3/t15-/m1/s1. The summed E-state index contributed by atoms with van der Waals surface area (Å²) >= 11 is 0. The lowest BCUT2D eigenvalue weighted by molar-refractivity contribution is 0.201. The summed E-state index contributed by atoms with van der Waals surface area (Å²) in [7, 11) is 2.04. The number of aromatic nitrogens is 3. The Hall–Kier alpha value is -2.14. The molecule has 126 valence electrons. The fourth-order valence-corrected chi connectivity index (χ4v) is 3.77. The van der Waals surface area contributed by atoms with Crippen LogP contribution in [0.5, 0.6) is 0 Å². The minimum atomic E-state index is 0.607. The maximum atomic E-state index is 5.81. The Morgan fingerprint density at radius 2 is 2.17 bits per heavy atom. The van der Waals surface area contributed by atoms with E-state index in [9.17, 15) is 0 Å². The number of nitrogens with zero attached hydrogens (tertiary/aromatic N) is 4. The SMILES string of the molecule is Cn1nccc1[C@@H]1CCCN(CCCc2nc3ccccc3o2)C1. The minimum absolute atomic E-state index is 0.607. The summed E-state index contributed by atoms with van der Waals surface area (Å²) in [4.78, 5) is 7.14. The van der Waals surface area contributed by atoms with Gasteiger partial charge in [-0.3, -0.25) is 4.68 Å². The van der Waals surface area contributed by atoms with E-state index in [0.29, 0.717) is 5.92 Å². The van der Waals surface area contributed by atoms with Gasteiger partial charge in [-0.2, -0.15) is 5.10 Å². The van der Waals surface area contributed by atoms with Gasteiger partial charge in [-0.15, -0.1) is 0 Å². The molecule has 1 aromatic carbocycles. The normalized spacial score (nSPS) is 19.1. The predicted octanol–water partition coefficient (Wildman–Crippen LogP) is 3.37. The molecule has 2 aromatic heterocycles. The van der Waals surface area contributed by atoms with Crippen LogP contribution in [-0.2, 0) is 13.5 Å². The molecular weight excluding hydrogens is 300 g/mol. The Balaban J connectivity index is 1.31. The van der Waals surface area contributed by atoms with Crippen LogP contribution in [0.3, 0.4) is 0 Å². The van der Waals surface area contributed by atoms with Crippen molar-refractivity contribution in [2.24, 2.45) is 7.05 Å². The molecule has 1 aliphatic rings. The van der Waals surface area contributed by atoms with Gasteiger partial charge < -0.3 is 9.32 Å². The summed E-state index contributed by atoms with van der Waals surface area (Å²) in [6.07, 6.45) is 6.42. The van der Waals surface area contributed by atoms with E-state index in [1.165, 1.54) is 25.1 Å². The highest BCUT2D eigenvalue weighted by Gasteiger charge is 2.23. The number of piperidine rings is 1. The molecule has 0 amide bonds. The first-order valence-electron chi connectivity index (χ1n) is 8.84. The number of benzene rings is 1. The zero-order valence-electron chi connectivity index (χ0n) is 14.2. The van der Waals surface area contributed by atoms with Gasteiger partial charge in [-0.25, -0.2) is 4.98 Å². The van der Waals surface area contributed by atoms with Crippen LogP contribution in [0, 0.1) is 0 Å². The van der Waals surface area contributed by atoms with Crippen LogP contribution >= 0.6 is 0 Å². The van der Waals surface area contributed by atoms with E-state index in [-0.39, 0.29) is 0 Å². The van der Waals surface area contributed by atoms with E-state index in [2.05, 4.69) is 21.0 Å². The Morgan fingerprint density at radius 1 is 1.25 bits per heavy atom. The molecule has 4 rings (SSSR count). The highest BCUT2D eigenvalue weighted by Crippen LogP contribution is 2.26. The lowest BCUT2D eigenvalue weighted by atomic mass is 9.94. The molecule has 0 N–H and O–H groups in total. The minimum Gasteiger partial charge on any atom is -0.441 e. The van der Waals surface area contributed by atoms with E-state index in [1.807, 2.05) is 42.2 Å². The Bertz CT molecular complexity index is 773. The summed E-state index contributed by atoms with van der Waals surface area (Å²) in [6, 6.07) is 10.1. The second-order valence-electron chi connectivity index (χ2n) is 6.70. The Morgan fingerprint density at radius 3 is 3.00 bits per heavy atom. The molecule has 1 aliphatic heterocycles. The number of oxazole rings is 1. The van der Waals surface area contributed by atoms with Gasteiger partial charge in [0.25, 0.3) is 0 Å². The summed E-state index contributed by atoms with van der Waals surface area (Å²) in [5, 5.41) is 4.32. The number of hydrogen-bond acceptors (Lipinski definition) is 4. The van der Waals surface area contributed by atoms with Gasteiger partial charge in [0.15, 0.2) is 11.5 Å². The molecule has 1 saturated heterocycles. The number of fused-ring (bicyclic) bond motifs is 1. The summed E-state index contributed by atoms with van der Waals surface area (Å²) in [5.41, 5.74) is 3.21. The molecular formula is C19H24N4O. The van der Waals surface area contributed by atoms with Gasteiger partial charge in [0.1, 0.15) is 5.52 Å². The fourth-order valence-electron chi connectivity index (χ4n) is 3.77. The highest BCUT2D eigenvalue weighted by atomic mass is 16.3. The zero-order valence-corrected chi connectivity index (χ0v) is 14.2. The van der Waals surface area contributed by atoms with Gasteiger partial charge in [-0.1, -0.05) is 12.1 Å². The van der Waals surface area contributed by atoms with Crippen molar-refractivity contribution in [1.82, 2.24) is 19.7 Å². The first kappa shape index (κ1) is 15.4. The fraction of sp³-hybridized carbons (Fsp3) is 0.474. The van der Waals surface area contributed by atoms with Crippen molar-refractivity contribution in [3.8, 4) is 0 Å². The number of aryl methyl sites for hydroxylation is 2. The third-order valence-corrected chi connectivity index (χ3v) is 4.99. The van der Waals surface area contributed by atoms with E-state index in [1.54, 1.807) is 0 Å². The predicted molar refractivity (Wildman–Crippen MR) is 94.0 cm³/mol. The molecule has 3 aromatic rings. The van der Waals surface area contributed by atoms with Crippen molar-refractivity contribution in [1.29, 1.82) is 0 Å². The summed E-state index contributed by atoms with van der Waals surface area (Å²) in [5.74, 6) is 1.46. The lowest BCUT2D eigenvalue weighted by Crippen LogP contribution is -2.35. The molecule has 5 heteroatoms. The van der Waals surface area contributed by atoms with Gasteiger partial charge in [0.05, 0.1) is 0 Å². The zero-order chi connectivity index (χ0) is 16.4. The van der Waals surface area contributed by atoms with E-state index >= 15 is 0 Å². The number of rotatable bonds is 5. The van der Waals surface area contributed by atoms with Crippen LogP contribution in [0.2, 0.25) is 0 Å². The van der Waals surface area contributed by atoms with Crippen LogP contribution < -0.4 is 0 Å². The molecule has 0 spiro atoms. The van der Waals surface area contributed by atoms with E-state index < -0.39 is 0 Å². The molecule has 0 saturated carbocycles. The van der Waals surface area contributed by atoms with Crippen LogP contribution in [0.25, 0.3) is 11.1 Å². The molecule has 1 fully saturated rings. The maximum Gasteiger partial charge on any atom is 0.195 e. The molecule has 0 bridgehead atoms. The second-order valence-corrected chi connectivity index (χ2v) is 6.70. The average molecular weight is 324 g/mol. The number of likely N-dealkylation sites (tertiary alicyclic amines) is 1. The lowest BCUT2D eigenvalue weighted by Gasteiger charge is -2.32. The average Bonchev–Trinajstić information content (AvgIpc) is 3.20. The van der Waals surface area contributed by atoms with E-state index in [0.717, 1.165) is 42.9 Å². The van der Waals surface area contributed by atoms with Gasteiger partial charge in [0.2, 0.25) is 0 Å². The van der Waals surface area contributed by atoms with Crippen molar-refractivity contribution in [2.75, 3.05) is 19.6 Å². The Kier molecular flexibility index (Phi) is 4.34. The van der Waals surface area contributed by atoms with Gasteiger partial charge in [-0.05, 0) is 50.6 Å². The van der Waals surface area contributed by atoms with Crippen LogP contribution in [0.1, 0.15) is 36.8 Å².